The highest BCUT2D eigenvalue weighted by molar-refractivity contribution is 7.17. The van der Waals surface area contributed by atoms with Gasteiger partial charge in [-0.25, -0.2) is 4.39 Å². The van der Waals surface area contributed by atoms with Crippen LogP contribution in [0.5, 0.6) is 0 Å². The van der Waals surface area contributed by atoms with Crippen LogP contribution in [0.25, 0.3) is 10.4 Å². The van der Waals surface area contributed by atoms with Crippen molar-refractivity contribution in [1.29, 1.82) is 0 Å². The summed E-state index contributed by atoms with van der Waals surface area (Å²) in [4.78, 5) is 41.9. The molecule has 2 aromatic rings. The molecule has 0 N–H and O–H groups in total. The largest absolute Gasteiger partial charge is 0.466 e. The maximum Gasteiger partial charge on any atom is 0.309 e. The first-order valence-electron chi connectivity index (χ1n) is 10.4. The molecule has 0 bridgehead atoms. The number of likely N-dealkylation sites (N-methyl/N-ethyl adjacent to an activating group) is 1. The first-order valence-corrected chi connectivity index (χ1v) is 11.2. The smallest absolute Gasteiger partial charge is 0.309 e. The Labute approximate surface area is 185 Å². The number of halogens is 1. The standard InChI is InChI=1S/C23H27FN2O4S/c1-4-30-23(29)17-9-11-26(12-10-17)20(27)14-25(3)22(28)19-13-15(2)21(31-19)16-5-7-18(24)8-6-16/h5-8,13,17H,4,9-12,14H2,1-3H3. The third-order valence-electron chi connectivity index (χ3n) is 5.42. The highest BCUT2D eigenvalue weighted by Crippen LogP contribution is 2.33. The summed E-state index contributed by atoms with van der Waals surface area (Å²) in [6.45, 7) is 4.99. The molecule has 2 heterocycles. The lowest BCUT2D eigenvalue weighted by Gasteiger charge is -2.32. The minimum absolute atomic E-state index is 0.0221. The summed E-state index contributed by atoms with van der Waals surface area (Å²) >= 11 is 1.34. The number of hydrogen-bond acceptors (Lipinski definition) is 5. The summed E-state index contributed by atoms with van der Waals surface area (Å²) in [5.74, 6) is -1.03. The molecule has 0 saturated carbocycles. The molecular formula is C23H27FN2O4S. The van der Waals surface area contributed by atoms with Crippen LogP contribution in [-0.4, -0.2) is 60.9 Å². The summed E-state index contributed by atoms with van der Waals surface area (Å²) in [5, 5.41) is 0. The van der Waals surface area contributed by atoms with Gasteiger partial charge in [0.05, 0.1) is 23.9 Å². The number of hydrogen-bond donors (Lipinski definition) is 0. The predicted molar refractivity (Wildman–Crippen MR) is 117 cm³/mol. The third-order valence-corrected chi connectivity index (χ3v) is 6.70. The zero-order valence-corrected chi connectivity index (χ0v) is 18.8. The van der Waals surface area contributed by atoms with Crippen molar-refractivity contribution in [2.75, 3.05) is 33.3 Å². The van der Waals surface area contributed by atoms with E-state index in [1.165, 1.54) is 28.4 Å². The Morgan fingerprint density at radius 3 is 2.45 bits per heavy atom. The van der Waals surface area contributed by atoms with Crippen molar-refractivity contribution in [2.24, 2.45) is 5.92 Å². The fraction of sp³-hybridized carbons (Fsp3) is 0.435. The molecule has 6 nitrogen and oxygen atoms in total. The summed E-state index contributed by atoms with van der Waals surface area (Å²) in [5.41, 5.74) is 1.78. The van der Waals surface area contributed by atoms with Crippen molar-refractivity contribution in [3.63, 3.8) is 0 Å². The zero-order chi connectivity index (χ0) is 22.5. The van der Waals surface area contributed by atoms with Crippen LogP contribution in [0.15, 0.2) is 30.3 Å². The maximum atomic E-state index is 13.2. The number of carbonyl (C=O) groups is 3. The van der Waals surface area contributed by atoms with Crippen LogP contribution in [0.4, 0.5) is 4.39 Å². The van der Waals surface area contributed by atoms with Gasteiger partial charge in [-0.15, -0.1) is 11.3 Å². The van der Waals surface area contributed by atoms with Crippen molar-refractivity contribution < 1.29 is 23.5 Å². The lowest BCUT2D eigenvalue weighted by molar-refractivity contribution is -0.151. The molecule has 8 heteroatoms. The zero-order valence-electron chi connectivity index (χ0n) is 18.0. The van der Waals surface area contributed by atoms with E-state index >= 15 is 0 Å². The first-order chi connectivity index (χ1) is 14.8. The Bertz CT molecular complexity index is 949. The molecule has 1 aromatic carbocycles. The number of thiophene rings is 1. The van der Waals surface area contributed by atoms with Crippen molar-refractivity contribution in [3.8, 4) is 10.4 Å². The first kappa shape index (κ1) is 22.9. The Balaban J connectivity index is 1.58. The number of esters is 1. The van der Waals surface area contributed by atoms with E-state index in [-0.39, 0.29) is 36.1 Å². The summed E-state index contributed by atoms with van der Waals surface area (Å²) in [7, 11) is 1.61. The van der Waals surface area contributed by atoms with Gasteiger partial charge in [-0.05, 0) is 56.0 Å². The molecule has 31 heavy (non-hydrogen) atoms. The second kappa shape index (κ2) is 10.0. The molecule has 0 radical (unpaired) electrons. The quantitative estimate of drug-likeness (QED) is 0.634. The molecule has 1 fully saturated rings. The number of likely N-dealkylation sites (tertiary alicyclic amines) is 1. The molecule has 0 spiro atoms. The fourth-order valence-electron chi connectivity index (χ4n) is 3.66. The monoisotopic (exact) mass is 446 g/mol. The second-order valence-corrected chi connectivity index (χ2v) is 8.75. The van der Waals surface area contributed by atoms with E-state index in [0.29, 0.717) is 37.4 Å². The molecule has 0 atom stereocenters. The van der Waals surface area contributed by atoms with Crippen LogP contribution in [-0.2, 0) is 14.3 Å². The number of amides is 2. The molecule has 1 saturated heterocycles. The number of piperidine rings is 1. The fourth-order valence-corrected chi connectivity index (χ4v) is 4.84. The Morgan fingerprint density at radius 2 is 1.84 bits per heavy atom. The van der Waals surface area contributed by atoms with E-state index in [0.717, 1.165) is 16.0 Å². The van der Waals surface area contributed by atoms with Gasteiger partial charge in [-0.1, -0.05) is 12.1 Å². The molecule has 1 aliphatic rings. The van der Waals surface area contributed by atoms with Gasteiger partial charge in [-0.3, -0.25) is 14.4 Å². The van der Waals surface area contributed by atoms with Crippen LogP contribution in [0.1, 0.15) is 35.0 Å². The Hall–Kier alpha value is -2.74. The Kier molecular flexibility index (Phi) is 7.43. The van der Waals surface area contributed by atoms with Gasteiger partial charge in [0.25, 0.3) is 5.91 Å². The average Bonchev–Trinajstić information content (AvgIpc) is 3.15. The molecule has 0 aliphatic carbocycles. The predicted octanol–water partition coefficient (Wildman–Crippen LogP) is 3.74. The van der Waals surface area contributed by atoms with Crippen molar-refractivity contribution in [3.05, 3.63) is 46.6 Å². The van der Waals surface area contributed by atoms with Crippen molar-refractivity contribution in [2.45, 2.75) is 26.7 Å². The molecule has 0 unspecified atom stereocenters. The van der Waals surface area contributed by atoms with Crippen LogP contribution >= 0.6 is 11.3 Å². The van der Waals surface area contributed by atoms with E-state index in [4.69, 9.17) is 4.74 Å². The average molecular weight is 447 g/mol. The number of aryl methyl sites for hydroxylation is 1. The van der Waals surface area contributed by atoms with E-state index in [9.17, 15) is 18.8 Å². The lowest BCUT2D eigenvalue weighted by Crippen LogP contribution is -2.45. The molecule has 1 aromatic heterocycles. The number of ether oxygens (including phenoxy) is 1. The van der Waals surface area contributed by atoms with Crippen molar-refractivity contribution >= 4 is 29.1 Å². The lowest BCUT2D eigenvalue weighted by atomic mass is 9.97. The van der Waals surface area contributed by atoms with Gasteiger partial charge in [0.1, 0.15) is 5.82 Å². The minimum Gasteiger partial charge on any atom is -0.466 e. The third kappa shape index (κ3) is 5.50. The maximum absolute atomic E-state index is 13.2. The normalized spacial score (nSPS) is 14.4. The van der Waals surface area contributed by atoms with Crippen LogP contribution in [0.2, 0.25) is 0 Å². The Morgan fingerprint density at radius 1 is 1.19 bits per heavy atom. The minimum atomic E-state index is -0.307. The summed E-state index contributed by atoms with van der Waals surface area (Å²) < 4.78 is 18.3. The topological polar surface area (TPSA) is 66.9 Å². The molecule has 2 amide bonds. The van der Waals surface area contributed by atoms with E-state index < -0.39 is 0 Å². The van der Waals surface area contributed by atoms with E-state index in [2.05, 4.69) is 0 Å². The van der Waals surface area contributed by atoms with Gasteiger partial charge in [0.2, 0.25) is 5.91 Å². The van der Waals surface area contributed by atoms with Gasteiger partial charge in [0.15, 0.2) is 0 Å². The van der Waals surface area contributed by atoms with Gasteiger partial charge in [0, 0.05) is 25.0 Å². The summed E-state index contributed by atoms with van der Waals surface area (Å²) in [6, 6.07) is 7.97. The second-order valence-electron chi connectivity index (χ2n) is 7.70. The molecule has 1 aliphatic heterocycles. The van der Waals surface area contributed by atoms with Crippen LogP contribution < -0.4 is 0 Å². The van der Waals surface area contributed by atoms with E-state index in [1.54, 1.807) is 37.1 Å². The molecule has 166 valence electrons. The number of nitrogens with zero attached hydrogens (tertiary/aromatic N) is 2. The SMILES string of the molecule is CCOC(=O)C1CCN(C(=O)CN(C)C(=O)c2cc(C)c(-c3ccc(F)cc3)s2)CC1. The molecule has 3 rings (SSSR count). The number of benzene rings is 1. The van der Waals surface area contributed by atoms with Crippen LogP contribution in [0, 0.1) is 18.7 Å². The number of rotatable bonds is 6. The van der Waals surface area contributed by atoms with Gasteiger partial charge < -0.3 is 14.5 Å². The van der Waals surface area contributed by atoms with Gasteiger partial charge in [-0.2, -0.15) is 0 Å². The highest BCUT2D eigenvalue weighted by atomic mass is 32.1. The summed E-state index contributed by atoms with van der Waals surface area (Å²) in [6.07, 6.45) is 1.15. The highest BCUT2D eigenvalue weighted by Gasteiger charge is 2.29. The van der Waals surface area contributed by atoms with E-state index in [1.807, 2.05) is 6.92 Å². The number of carbonyl (C=O) groups excluding carboxylic acids is 3. The van der Waals surface area contributed by atoms with Crippen LogP contribution in [0.3, 0.4) is 0 Å². The van der Waals surface area contributed by atoms with Crippen molar-refractivity contribution in [1.82, 2.24) is 9.80 Å². The van der Waals surface area contributed by atoms with Gasteiger partial charge >= 0.3 is 5.97 Å². The molecular weight excluding hydrogens is 419 g/mol.